The van der Waals surface area contributed by atoms with Crippen molar-refractivity contribution in [3.05, 3.63) is 42.1 Å². The van der Waals surface area contributed by atoms with E-state index in [-0.39, 0.29) is 5.82 Å². The Labute approximate surface area is 85.9 Å². The molecule has 0 aromatic carbocycles. The number of rotatable bonds is 1. The van der Waals surface area contributed by atoms with Crippen molar-refractivity contribution in [1.29, 1.82) is 10.5 Å². The van der Waals surface area contributed by atoms with Crippen LogP contribution in [0.25, 0.3) is 5.82 Å². The van der Waals surface area contributed by atoms with Gasteiger partial charge in [0.05, 0.1) is 11.6 Å². The number of imidazole rings is 1. The molecule has 0 atom stereocenters. The molecule has 0 saturated heterocycles. The number of nitriles is 2. The first kappa shape index (κ1) is 8.92. The molecule has 0 unspecified atom stereocenters. The first-order chi connectivity index (χ1) is 7.35. The third kappa shape index (κ3) is 1.54. The molecule has 0 bridgehead atoms. The van der Waals surface area contributed by atoms with E-state index < -0.39 is 0 Å². The van der Waals surface area contributed by atoms with Crippen LogP contribution in [0.5, 0.6) is 0 Å². The fraction of sp³-hybridized carbons (Fsp3) is 0. The summed E-state index contributed by atoms with van der Waals surface area (Å²) in [5.41, 5.74) is 0.498. The van der Waals surface area contributed by atoms with E-state index in [2.05, 4.69) is 9.97 Å². The monoisotopic (exact) mass is 195 g/mol. The van der Waals surface area contributed by atoms with Crippen molar-refractivity contribution < 1.29 is 0 Å². The maximum Gasteiger partial charge on any atom is 0.218 e. The van der Waals surface area contributed by atoms with Crippen molar-refractivity contribution in [2.75, 3.05) is 0 Å². The Kier molecular flexibility index (Phi) is 2.14. The zero-order valence-electron chi connectivity index (χ0n) is 7.62. The number of hydrogen-bond donors (Lipinski definition) is 0. The highest BCUT2D eigenvalue weighted by Crippen LogP contribution is 2.08. The Morgan fingerprint density at radius 1 is 1.13 bits per heavy atom. The third-order valence-electron chi connectivity index (χ3n) is 1.86. The minimum Gasteiger partial charge on any atom is -0.275 e. The summed E-state index contributed by atoms with van der Waals surface area (Å²) in [4.78, 5) is 7.90. The average Bonchev–Trinajstić information content (AvgIpc) is 2.77. The van der Waals surface area contributed by atoms with E-state index in [9.17, 15) is 0 Å². The molecule has 5 heteroatoms. The fourth-order valence-electron chi connectivity index (χ4n) is 1.19. The lowest BCUT2D eigenvalue weighted by Gasteiger charge is -2.01. The SMILES string of the molecule is N#Cc1ccnc(-n2ccnc2C#N)c1. The van der Waals surface area contributed by atoms with E-state index in [1.165, 1.54) is 17.0 Å². The number of nitrogens with zero attached hydrogens (tertiary/aromatic N) is 5. The summed E-state index contributed by atoms with van der Waals surface area (Å²) < 4.78 is 1.53. The highest BCUT2D eigenvalue weighted by atomic mass is 15.1. The second-order valence-electron chi connectivity index (χ2n) is 2.75. The molecule has 0 aliphatic heterocycles. The maximum atomic E-state index is 8.77. The number of aromatic nitrogens is 3. The Hall–Kier alpha value is -2.66. The van der Waals surface area contributed by atoms with Gasteiger partial charge < -0.3 is 0 Å². The quantitative estimate of drug-likeness (QED) is 0.680. The van der Waals surface area contributed by atoms with Crippen LogP contribution in [-0.2, 0) is 0 Å². The summed E-state index contributed by atoms with van der Waals surface area (Å²) in [6.07, 6.45) is 4.66. The van der Waals surface area contributed by atoms with Crippen LogP contribution in [0.15, 0.2) is 30.7 Å². The van der Waals surface area contributed by atoms with Gasteiger partial charge in [0.2, 0.25) is 5.82 Å². The summed E-state index contributed by atoms with van der Waals surface area (Å²) in [6, 6.07) is 7.15. The van der Waals surface area contributed by atoms with Crippen LogP contribution in [0.4, 0.5) is 0 Å². The van der Waals surface area contributed by atoms with Crippen molar-refractivity contribution >= 4 is 0 Å². The van der Waals surface area contributed by atoms with Crippen molar-refractivity contribution in [1.82, 2.24) is 14.5 Å². The standard InChI is InChI=1S/C10H5N5/c11-6-8-1-2-13-9(5-8)15-4-3-14-10(15)7-12/h1-5H. The van der Waals surface area contributed by atoms with E-state index in [4.69, 9.17) is 10.5 Å². The molecule has 0 spiro atoms. The van der Waals surface area contributed by atoms with Gasteiger partial charge >= 0.3 is 0 Å². The zero-order valence-corrected chi connectivity index (χ0v) is 7.62. The molecule has 70 valence electrons. The van der Waals surface area contributed by atoms with Gasteiger partial charge in [0.25, 0.3) is 0 Å². The summed E-state index contributed by atoms with van der Waals surface area (Å²) >= 11 is 0. The fourth-order valence-corrected chi connectivity index (χ4v) is 1.19. The number of hydrogen-bond acceptors (Lipinski definition) is 4. The normalized spacial score (nSPS) is 9.20. The highest BCUT2D eigenvalue weighted by Gasteiger charge is 2.05. The average molecular weight is 195 g/mol. The first-order valence-corrected chi connectivity index (χ1v) is 4.15. The molecule has 0 N–H and O–H groups in total. The molecule has 2 aromatic rings. The first-order valence-electron chi connectivity index (χ1n) is 4.15. The van der Waals surface area contributed by atoms with Gasteiger partial charge in [-0.2, -0.15) is 10.5 Å². The van der Waals surface area contributed by atoms with Crippen LogP contribution >= 0.6 is 0 Å². The van der Waals surface area contributed by atoms with E-state index in [1.54, 1.807) is 18.3 Å². The smallest absolute Gasteiger partial charge is 0.218 e. The molecule has 0 amide bonds. The van der Waals surface area contributed by atoms with E-state index >= 15 is 0 Å². The Balaban J connectivity index is 2.56. The van der Waals surface area contributed by atoms with Crippen LogP contribution < -0.4 is 0 Å². The Morgan fingerprint density at radius 3 is 2.73 bits per heavy atom. The predicted octanol–water partition coefficient (Wildman–Crippen LogP) is 1.01. The van der Waals surface area contributed by atoms with Crippen molar-refractivity contribution in [3.63, 3.8) is 0 Å². The molecule has 2 aromatic heterocycles. The molecule has 0 saturated carbocycles. The molecule has 0 fully saturated rings. The highest BCUT2D eigenvalue weighted by molar-refractivity contribution is 5.37. The summed E-state index contributed by atoms with van der Waals surface area (Å²) in [5, 5.41) is 17.5. The molecule has 2 heterocycles. The van der Waals surface area contributed by atoms with Gasteiger partial charge in [0.1, 0.15) is 11.9 Å². The van der Waals surface area contributed by atoms with Gasteiger partial charge in [0, 0.05) is 18.6 Å². The van der Waals surface area contributed by atoms with E-state index in [1.807, 2.05) is 12.1 Å². The second kappa shape index (κ2) is 3.60. The number of pyridine rings is 1. The van der Waals surface area contributed by atoms with E-state index in [0.717, 1.165) is 0 Å². The van der Waals surface area contributed by atoms with Gasteiger partial charge in [-0.1, -0.05) is 0 Å². The van der Waals surface area contributed by atoms with Gasteiger partial charge in [-0.15, -0.1) is 0 Å². The minimum absolute atomic E-state index is 0.248. The van der Waals surface area contributed by atoms with Gasteiger partial charge in [0.15, 0.2) is 0 Å². The van der Waals surface area contributed by atoms with Crippen molar-refractivity contribution in [3.8, 4) is 18.0 Å². The van der Waals surface area contributed by atoms with Gasteiger partial charge in [-0.3, -0.25) is 4.57 Å². The molecular weight excluding hydrogens is 190 g/mol. The van der Waals surface area contributed by atoms with Crippen molar-refractivity contribution in [2.45, 2.75) is 0 Å². The summed E-state index contributed by atoms with van der Waals surface area (Å²) in [7, 11) is 0. The van der Waals surface area contributed by atoms with Crippen molar-refractivity contribution in [2.24, 2.45) is 0 Å². The predicted molar refractivity (Wildman–Crippen MR) is 50.8 cm³/mol. The lowest BCUT2D eigenvalue weighted by atomic mass is 10.3. The maximum absolute atomic E-state index is 8.77. The Bertz CT molecular complexity index is 570. The molecule has 0 radical (unpaired) electrons. The lowest BCUT2D eigenvalue weighted by Crippen LogP contribution is -1.99. The summed E-state index contributed by atoms with van der Waals surface area (Å²) in [5.74, 6) is 0.765. The minimum atomic E-state index is 0.248. The van der Waals surface area contributed by atoms with Gasteiger partial charge in [-0.05, 0) is 12.1 Å². The largest absolute Gasteiger partial charge is 0.275 e. The van der Waals surface area contributed by atoms with Crippen LogP contribution in [0.3, 0.4) is 0 Å². The molecule has 5 nitrogen and oxygen atoms in total. The second-order valence-corrected chi connectivity index (χ2v) is 2.75. The van der Waals surface area contributed by atoms with Gasteiger partial charge in [-0.25, -0.2) is 9.97 Å². The van der Waals surface area contributed by atoms with Crippen LogP contribution in [-0.4, -0.2) is 14.5 Å². The Morgan fingerprint density at radius 2 is 2.00 bits per heavy atom. The van der Waals surface area contributed by atoms with Crippen LogP contribution in [0.2, 0.25) is 0 Å². The van der Waals surface area contributed by atoms with Crippen LogP contribution in [0, 0.1) is 22.7 Å². The third-order valence-corrected chi connectivity index (χ3v) is 1.86. The summed E-state index contributed by atoms with van der Waals surface area (Å²) in [6.45, 7) is 0. The molecule has 2 rings (SSSR count). The lowest BCUT2D eigenvalue weighted by molar-refractivity contribution is 0.966. The molecular formula is C10H5N5. The molecule has 15 heavy (non-hydrogen) atoms. The molecule has 0 aliphatic carbocycles. The van der Waals surface area contributed by atoms with Crippen LogP contribution in [0.1, 0.15) is 11.4 Å². The van der Waals surface area contributed by atoms with E-state index in [0.29, 0.717) is 11.4 Å². The zero-order chi connectivity index (χ0) is 10.7. The topological polar surface area (TPSA) is 78.3 Å². The molecule has 0 aliphatic rings.